The van der Waals surface area contributed by atoms with Crippen LogP contribution in [-0.4, -0.2) is 36.2 Å². The van der Waals surface area contributed by atoms with Crippen LogP contribution >= 0.6 is 0 Å². The van der Waals surface area contributed by atoms with Crippen LogP contribution < -0.4 is 11.1 Å². The van der Waals surface area contributed by atoms with Crippen molar-refractivity contribution in [2.45, 2.75) is 57.0 Å². The average molecular weight is 311 g/mol. The lowest BCUT2D eigenvalue weighted by atomic mass is 9.91. The third kappa shape index (κ3) is 3.37. The highest BCUT2D eigenvalue weighted by atomic mass is 19.3. The maximum Gasteiger partial charge on any atom is 0.248 e. The van der Waals surface area contributed by atoms with Gasteiger partial charge in [-0.05, 0) is 31.8 Å². The molecule has 3 aliphatic rings. The highest BCUT2D eigenvalue weighted by molar-refractivity contribution is 6.01. The van der Waals surface area contributed by atoms with E-state index in [9.17, 15) is 13.6 Å². The minimum Gasteiger partial charge on any atom is -0.353 e. The van der Waals surface area contributed by atoms with Gasteiger partial charge in [-0.25, -0.2) is 8.78 Å². The standard InChI is InChI=1S/C16H23F2N3O/c1-9-12(13-7-14(13)19)6-10(8-20-9)15(22)21-11-2-4-16(17,18)5-3-11/h6,10-11,13-14H,2-5,7-8,19H2,1H3,(H,21,22). The molecular weight excluding hydrogens is 288 g/mol. The average Bonchev–Trinajstić information content (AvgIpc) is 3.18. The molecule has 0 saturated heterocycles. The van der Waals surface area contributed by atoms with E-state index in [-0.39, 0.29) is 36.8 Å². The van der Waals surface area contributed by atoms with E-state index in [1.54, 1.807) is 0 Å². The molecule has 3 N–H and O–H groups in total. The lowest BCUT2D eigenvalue weighted by Gasteiger charge is -2.30. The molecule has 0 aromatic carbocycles. The summed E-state index contributed by atoms with van der Waals surface area (Å²) in [5.41, 5.74) is 7.95. The monoisotopic (exact) mass is 311 g/mol. The van der Waals surface area contributed by atoms with Crippen LogP contribution in [0, 0.1) is 11.8 Å². The summed E-state index contributed by atoms with van der Waals surface area (Å²) in [6, 6.07) is 0.0398. The van der Waals surface area contributed by atoms with E-state index in [2.05, 4.69) is 10.3 Å². The quantitative estimate of drug-likeness (QED) is 0.837. The van der Waals surface area contributed by atoms with E-state index in [0.717, 1.165) is 17.7 Å². The van der Waals surface area contributed by atoms with E-state index < -0.39 is 5.92 Å². The number of carbonyl (C=O) groups is 1. The first-order valence-corrected chi connectivity index (χ1v) is 8.02. The van der Waals surface area contributed by atoms with E-state index in [1.165, 1.54) is 0 Å². The molecule has 3 rings (SSSR count). The van der Waals surface area contributed by atoms with Gasteiger partial charge in [0.2, 0.25) is 11.8 Å². The molecule has 0 aromatic rings. The number of alkyl halides is 2. The van der Waals surface area contributed by atoms with Crippen LogP contribution in [0.1, 0.15) is 39.0 Å². The first-order chi connectivity index (χ1) is 10.4. The number of aliphatic imine (C=N–C) groups is 1. The zero-order chi connectivity index (χ0) is 15.9. The number of nitrogens with zero attached hydrogens (tertiary/aromatic N) is 1. The first-order valence-electron chi connectivity index (χ1n) is 8.02. The summed E-state index contributed by atoms with van der Waals surface area (Å²) in [7, 11) is 0. The Morgan fingerprint density at radius 1 is 1.41 bits per heavy atom. The molecule has 0 spiro atoms. The second-order valence-electron chi connectivity index (χ2n) is 6.80. The summed E-state index contributed by atoms with van der Waals surface area (Å²) in [6.07, 6.45) is 3.34. The van der Waals surface area contributed by atoms with Crippen LogP contribution in [-0.2, 0) is 4.79 Å². The zero-order valence-electron chi connectivity index (χ0n) is 12.8. The summed E-state index contributed by atoms with van der Waals surface area (Å²) >= 11 is 0. The van der Waals surface area contributed by atoms with Gasteiger partial charge in [0, 0.05) is 36.6 Å². The zero-order valence-corrected chi connectivity index (χ0v) is 12.8. The van der Waals surface area contributed by atoms with E-state index >= 15 is 0 Å². The van der Waals surface area contributed by atoms with Crippen LogP contribution in [0.5, 0.6) is 0 Å². The molecule has 22 heavy (non-hydrogen) atoms. The Balaban J connectivity index is 1.58. The largest absolute Gasteiger partial charge is 0.353 e. The van der Waals surface area contributed by atoms with E-state index in [1.807, 2.05) is 13.0 Å². The summed E-state index contributed by atoms with van der Waals surface area (Å²) in [4.78, 5) is 16.8. The third-order valence-corrected chi connectivity index (χ3v) is 4.96. The highest BCUT2D eigenvalue weighted by Crippen LogP contribution is 2.38. The van der Waals surface area contributed by atoms with E-state index in [4.69, 9.17) is 5.73 Å². The van der Waals surface area contributed by atoms with Gasteiger partial charge < -0.3 is 11.1 Å². The lowest BCUT2D eigenvalue weighted by Crippen LogP contribution is -2.43. The molecule has 1 aliphatic heterocycles. The number of nitrogens with two attached hydrogens (primary N) is 1. The van der Waals surface area contributed by atoms with Crippen LogP contribution in [0.15, 0.2) is 16.6 Å². The Labute approximate surface area is 129 Å². The van der Waals surface area contributed by atoms with Gasteiger partial charge in [-0.15, -0.1) is 0 Å². The molecule has 2 fully saturated rings. The fraction of sp³-hybridized carbons (Fsp3) is 0.750. The van der Waals surface area contributed by atoms with Crippen molar-refractivity contribution in [3.05, 3.63) is 11.6 Å². The predicted octanol–water partition coefficient (Wildman–Crippen LogP) is 2.04. The van der Waals surface area contributed by atoms with Gasteiger partial charge in [-0.3, -0.25) is 9.79 Å². The minimum absolute atomic E-state index is 0.0989. The van der Waals surface area contributed by atoms with Crippen molar-refractivity contribution in [2.75, 3.05) is 6.54 Å². The smallest absolute Gasteiger partial charge is 0.248 e. The normalized spacial score (nSPS) is 34.6. The molecule has 6 heteroatoms. The maximum atomic E-state index is 13.1. The van der Waals surface area contributed by atoms with Crippen molar-refractivity contribution >= 4 is 11.6 Å². The summed E-state index contributed by atoms with van der Waals surface area (Å²) in [6.45, 7) is 2.39. The number of rotatable bonds is 3. The summed E-state index contributed by atoms with van der Waals surface area (Å²) < 4.78 is 26.3. The molecule has 122 valence electrons. The van der Waals surface area contributed by atoms with Crippen molar-refractivity contribution in [1.82, 2.24) is 5.32 Å². The van der Waals surface area contributed by atoms with Crippen LogP contribution in [0.3, 0.4) is 0 Å². The first kappa shape index (κ1) is 15.6. The van der Waals surface area contributed by atoms with Crippen LogP contribution in [0.2, 0.25) is 0 Å². The van der Waals surface area contributed by atoms with Gasteiger partial charge in [-0.1, -0.05) is 6.08 Å². The molecule has 1 heterocycles. The molecule has 3 unspecified atom stereocenters. The fourth-order valence-electron chi connectivity index (χ4n) is 3.33. The number of halogens is 2. The molecule has 1 amide bonds. The van der Waals surface area contributed by atoms with Gasteiger partial charge in [0.15, 0.2) is 0 Å². The molecule has 0 bridgehead atoms. The Bertz CT molecular complexity index is 519. The van der Waals surface area contributed by atoms with Crippen molar-refractivity contribution in [3.8, 4) is 0 Å². The molecule has 0 radical (unpaired) electrons. The van der Waals surface area contributed by atoms with Gasteiger partial charge in [0.05, 0.1) is 12.5 Å². The highest BCUT2D eigenvalue weighted by Gasteiger charge is 2.40. The molecule has 4 nitrogen and oxygen atoms in total. The molecule has 3 atom stereocenters. The van der Waals surface area contributed by atoms with Crippen molar-refractivity contribution < 1.29 is 13.6 Å². The number of nitrogens with one attached hydrogen (secondary N) is 1. The Kier molecular flexibility index (Phi) is 4.05. The van der Waals surface area contributed by atoms with Crippen LogP contribution in [0.4, 0.5) is 8.78 Å². The molecule has 2 aliphatic carbocycles. The van der Waals surface area contributed by atoms with Crippen molar-refractivity contribution in [1.29, 1.82) is 0 Å². The SMILES string of the molecule is CC1=NCC(C(=O)NC2CCC(F)(F)CC2)C=C1C1CC1N. The molecular formula is C16H23F2N3O. The minimum atomic E-state index is -2.57. The molecule has 2 saturated carbocycles. The van der Waals surface area contributed by atoms with Crippen molar-refractivity contribution in [3.63, 3.8) is 0 Å². The van der Waals surface area contributed by atoms with Gasteiger partial charge >= 0.3 is 0 Å². The van der Waals surface area contributed by atoms with Crippen LogP contribution in [0.25, 0.3) is 0 Å². The molecule has 0 aromatic heterocycles. The number of hydrogen-bond donors (Lipinski definition) is 2. The number of dihydropyridines is 1. The number of carbonyl (C=O) groups excluding carboxylic acids is 1. The number of amides is 1. The lowest BCUT2D eigenvalue weighted by molar-refractivity contribution is -0.125. The Morgan fingerprint density at radius 3 is 2.64 bits per heavy atom. The fourth-order valence-corrected chi connectivity index (χ4v) is 3.33. The Hall–Kier alpha value is -1.30. The van der Waals surface area contributed by atoms with Crippen molar-refractivity contribution in [2.24, 2.45) is 22.6 Å². The predicted molar refractivity (Wildman–Crippen MR) is 81.0 cm³/mol. The summed E-state index contributed by atoms with van der Waals surface area (Å²) in [5.74, 6) is -2.64. The Morgan fingerprint density at radius 2 is 2.05 bits per heavy atom. The van der Waals surface area contributed by atoms with Gasteiger partial charge in [0.25, 0.3) is 0 Å². The second-order valence-corrected chi connectivity index (χ2v) is 6.80. The van der Waals surface area contributed by atoms with Gasteiger partial charge in [0.1, 0.15) is 0 Å². The maximum absolute atomic E-state index is 13.1. The third-order valence-electron chi connectivity index (χ3n) is 4.96. The van der Waals surface area contributed by atoms with E-state index in [0.29, 0.717) is 25.3 Å². The second kappa shape index (κ2) is 5.72. The topological polar surface area (TPSA) is 67.5 Å². The summed E-state index contributed by atoms with van der Waals surface area (Å²) in [5, 5.41) is 2.91. The number of hydrogen-bond acceptors (Lipinski definition) is 3. The van der Waals surface area contributed by atoms with Gasteiger partial charge in [-0.2, -0.15) is 0 Å².